The SMILES string of the molecule is [Co+2].[O-]c1ccccc1C1=NCCCN1.[O-]c1ccccc1C1=NCCCN1. The summed E-state index contributed by atoms with van der Waals surface area (Å²) >= 11 is 0. The van der Waals surface area contributed by atoms with Gasteiger partial charge in [0.2, 0.25) is 0 Å². The second kappa shape index (κ2) is 10.6. The molecule has 27 heavy (non-hydrogen) atoms. The van der Waals surface area contributed by atoms with Crippen molar-refractivity contribution in [3.63, 3.8) is 0 Å². The molecule has 0 aromatic heterocycles. The Balaban J connectivity index is 0.000000187. The third-order valence-corrected chi connectivity index (χ3v) is 4.08. The molecule has 0 spiro atoms. The van der Waals surface area contributed by atoms with E-state index < -0.39 is 0 Å². The zero-order chi connectivity index (χ0) is 18.2. The van der Waals surface area contributed by atoms with Crippen LogP contribution < -0.4 is 20.8 Å². The van der Waals surface area contributed by atoms with Crippen LogP contribution in [0.5, 0.6) is 11.5 Å². The van der Waals surface area contributed by atoms with E-state index in [1.807, 2.05) is 12.1 Å². The predicted molar refractivity (Wildman–Crippen MR) is 99.8 cm³/mol. The molecule has 2 aliphatic heterocycles. The summed E-state index contributed by atoms with van der Waals surface area (Å²) < 4.78 is 0. The fourth-order valence-corrected chi connectivity index (χ4v) is 2.75. The molecule has 4 rings (SSSR count). The van der Waals surface area contributed by atoms with E-state index in [4.69, 9.17) is 0 Å². The van der Waals surface area contributed by atoms with Crippen LogP contribution >= 0.6 is 0 Å². The maximum Gasteiger partial charge on any atom is 2.00 e. The number of rotatable bonds is 2. The second-order valence-corrected chi connectivity index (χ2v) is 6.01. The van der Waals surface area contributed by atoms with Gasteiger partial charge in [-0.05, 0) is 12.8 Å². The van der Waals surface area contributed by atoms with Crippen molar-refractivity contribution in [1.82, 2.24) is 10.6 Å². The summed E-state index contributed by atoms with van der Waals surface area (Å²) in [6.45, 7) is 3.45. The van der Waals surface area contributed by atoms with Gasteiger partial charge in [0.05, 0.1) is 0 Å². The Labute approximate surface area is 169 Å². The summed E-state index contributed by atoms with van der Waals surface area (Å²) in [5, 5.41) is 29.0. The molecule has 2 aliphatic rings. The number of aliphatic imine (C=N–C) groups is 2. The van der Waals surface area contributed by atoms with Gasteiger partial charge in [0.15, 0.2) is 0 Å². The molecule has 2 aromatic rings. The van der Waals surface area contributed by atoms with Gasteiger partial charge in [-0.2, -0.15) is 0 Å². The molecule has 7 heteroatoms. The van der Waals surface area contributed by atoms with Gasteiger partial charge in [0.1, 0.15) is 11.7 Å². The topological polar surface area (TPSA) is 94.9 Å². The van der Waals surface area contributed by atoms with E-state index in [0.29, 0.717) is 11.1 Å². The van der Waals surface area contributed by atoms with Crippen LogP contribution in [0, 0.1) is 0 Å². The Kier molecular flexibility index (Phi) is 8.16. The first-order valence-corrected chi connectivity index (χ1v) is 8.85. The van der Waals surface area contributed by atoms with Crippen molar-refractivity contribution in [3.05, 3.63) is 59.7 Å². The molecule has 143 valence electrons. The summed E-state index contributed by atoms with van der Waals surface area (Å²) in [7, 11) is 0. The van der Waals surface area contributed by atoms with Crippen molar-refractivity contribution in [2.24, 2.45) is 9.98 Å². The number of amidine groups is 2. The average Bonchev–Trinajstić information content (AvgIpc) is 2.71. The van der Waals surface area contributed by atoms with Crippen LogP contribution in [0.25, 0.3) is 0 Å². The van der Waals surface area contributed by atoms with Gasteiger partial charge in [-0.3, -0.25) is 9.98 Å². The first-order valence-electron chi connectivity index (χ1n) is 8.85. The molecule has 6 nitrogen and oxygen atoms in total. The zero-order valence-electron chi connectivity index (χ0n) is 14.9. The van der Waals surface area contributed by atoms with Crippen LogP contribution in [0.4, 0.5) is 0 Å². The largest absolute Gasteiger partial charge is 2.00 e. The number of hydrogen-bond acceptors (Lipinski definition) is 6. The van der Waals surface area contributed by atoms with E-state index in [2.05, 4.69) is 20.6 Å². The molecular weight excluding hydrogens is 387 g/mol. The first-order chi connectivity index (χ1) is 12.8. The minimum atomic E-state index is 0. The molecule has 0 saturated heterocycles. The van der Waals surface area contributed by atoms with Gasteiger partial charge >= 0.3 is 16.8 Å². The molecule has 0 unspecified atom stereocenters. The van der Waals surface area contributed by atoms with E-state index >= 15 is 0 Å². The van der Waals surface area contributed by atoms with Gasteiger partial charge < -0.3 is 20.8 Å². The minimum Gasteiger partial charge on any atom is -0.872 e. The maximum atomic E-state index is 11.4. The molecular formula is C20H22CoN4O2. The Bertz CT molecular complexity index is 741. The molecule has 0 atom stereocenters. The Morgan fingerprint density at radius 2 is 1.07 bits per heavy atom. The fourth-order valence-electron chi connectivity index (χ4n) is 2.75. The van der Waals surface area contributed by atoms with E-state index in [1.165, 1.54) is 0 Å². The summed E-state index contributed by atoms with van der Waals surface area (Å²) in [5.41, 5.74) is 1.37. The van der Waals surface area contributed by atoms with Crippen LogP contribution in [0.3, 0.4) is 0 Å². The third-order valence-electron chi connectivity index (χ3n) is 4.08. The second-order valence-electron chi connectivity index (χ2n) is 6.01. The van der Waals surface area contributed by atoms with Crippen molar-refractivity contribution in [2.45, 2.75) is 12.8 Å². The number of para-hydroxylation sites is 2. The van der Waals surface area contributed by atoms with E-state index in [-0.39, 0.29) is 28.3 Å². The Hall–Kier alpha value is -2.51. The normalized spacial score (nSPS) is 15.6. The number of nitrogens with one attached hydrogen (secondary N) is 2. The first kappa shape index (κ1) is 20.8. The maximum absolute atomic E-state index is 11.4. The smallest absolute Gasteiger partial charge is 0.872 e. The molecule has 0 fully saturated rings. The molecule has 0 bridgehead atoms. The summed E-state index contributed by atoms with van der Waals surface area (Å²) in [6.07, 6.45) is 2.09. The monoisotopic (exact) mass is 409 g/mol. The predicted octanol–water partition coefficient (Wildman–Crippen LogP) is 0.998. The standard InChI is InChI=1S/2C10H12N2O.Co/c2*13-9-5-2-1-4-8(9)10-11-6-3-7-12-10;/h2*1-2,4-5,13H,3,6-7H2,(H,11,12);/q;;+2/p-2. The van der Waals surface area contributed by atoms with Gasteiger partial charge in [-0.15, -0.1) is 0 Å². The summed E-state index contributed by atoms with van der Waals surface area (Å²) in [4.78, 5) is 8.53. The van der Waals surface area contributed by atoms with Gasteiger partial charge in [-0.25, -0.2) is 0 Å². The van der Waals surface area contributed by atoms with Crippen LogP contribution in [0.15, 0.2) is 58.5 Å². The van der Waals surface area contributed by atoms with Crippen molar-refractivity contribution in [1.29, 1.82) is 0 Å². The number of hydrogen-bond donors (Lipinski definition) is 2. The molecule has 0 aliphatic carbocycles. The van der Waals surface area contributed by atoms with Gasteiger partial charge in [0.25, 0.3) is 0 Å². The third kappa shape index (κ3) is 5.73. The molecule has 2 heterocycles. The quantitative estimate of drug-likeness (QED) is 0.774. The average molecular weight is 409 g/mol. The van der Waals surface area contributed by atoms with Gasteiger partial charge in [0, 0.05) is 37.3 Å². The van der Waals surface area contributed by atoms with Crippen LogP contribution in [-0.4, -0.2) is 37.9 Å². The number of nitrogens with zero attached hydrogens (tertiary/aromatic N) is 2. The molecule has 0 amide bonds. The van der Waals surface area contributed by atoms with Crippen molar-refractivity contribution >= 4 is 11.7 Å². The minimum absolute atomic E-state index is 0. The van der Waals surface area contributed by atoms with E-state index in [1.54, 1.807) is 36.4 Å². The molecule has 2 N–H and O–H groups in total. The van der Waals surface area contributed by atoms with Crippen molar-refractivity contribution < 1.29 is 27.0 Å². The van der Waals surface area contributed by atoms with E-state index in [9.17, 15) is 10.2 Å². The summed E-state index contributed by atoms with van der Waals surface area (Å²) in [6, 6.07) is 13.9. The Morgan fingerprint density at radius 1 is 0.667 bits per heavy atom. The molecule has 2 aromatic carbocycles. The molecule has 1 radical (unpaired) electrons. The number of benzene rings is 2. The summed E-state index contributed by atoms with van der Waals surface area (Å²) in [5.74, 6) is 1.57. The fraction of sp³-hybridized carbons (Fsp3) is 0.300. The van der Waals surface area contributed by atoms with Crippen LogP contribution in [0.1, 0.15) is 24.0 Å². The van der Waals surface area contributed by atoms with Crippen molar-refractivity contribution in [2.75, 3.05) is 26.2 Å². The van der Waals surface area contributed by atoms with Gasteiger partial charge in [-0.1, -0.05) is 60.0 Å². The van der Waals surface area contributed by atoms with E-state index in [0.717, 1.165) is 50.7 Å². The van der Waals surface area contributed by atoms with Crippen LogP contribution in [-0.2, 0) is 16.8 Å². The molecule has 0 saturated carbocycles. The zero-order valence-corrected chi connectivity index (χ0v) is 15.9. The van der Waals surface area contributed by atoms with Crippen LogP contribution in [0.2, 0.25) is 0 Å². The van der Waals surface area contributed by atoms with Crippen molar-refractivity contribution in [3.8, 4) is 11.5 Å². The Morgan fingerprint density at radius 3 is 1.41 bits per heavy atom.